The standard InChI is InChI=1S/C9H10ClN3OS/c10-8-6-11-5-7(12-8)9(14)13-1-3-15-4-2-13/h5-6H,1-4H2. The van der Waals surface area contributed by atoms with E-state index in [0.29, 0.717) is 5.69 Å². The summed E-state index contributed by atoms with van der Waals surface area (Å²) >= 11 is 7.54. The summed E-state index contributed by atoms with van der Waals surface area (Å²) in [5, 5.41) is 0.257. The molecule has 0 atom stereocenters. The van der Waals surface area contributed by atoms with Gasteiger partial charge in [-0.05, 0) is 0 Å². The normalized spacial score (nSPS) is 16.5. The summed E-state index contributed by atoms with van der Waals surface area (Å²) in [4.78, 5) is 21.5. The minimum Gasteiger partial charge on any atom is -0.336 e. The Morgan fingerprint density at radius 1 is 1.40 bits per heavy atom. The van der Waals surface area contributed by atoms with Crippen LogP contribution < -0.4 is 0 Å². The van der Waals surface area contributed by atoms with Gasteiger partial charge in [-0.3, -0.25) is 9.78 Å². The zero-order valence-electron chi connectivity index (χ0n) is 8.02. The van der Waals surface area contributed by atoms with Crippen molar-refractivity contribution in [2.24, 2.45) is 0 Å². The van der Waals surface area contributed by atoms with Crippen molar-refractivity contribution < 1.29 is 4.79 Å². The highest BCUT2D eigenvalue weighted by atomic mass is 35.5. The first kappa shape index (κ1) is 10.7. The molecule has 1 fully saturated rings. The second kappa shape index (κ2) is 4.81. The summed E-state index contributed by atoms with van der Waals surface area (Å²) in [7, 11) is 0. The first-order chi connectivity index (χ1) is 7.27. The molecule has 1 saturated heterocycles. The first-order valence-corrected chi connectivity index (χ1v) is 6.15. The number of carbonyl (C=O) groups excluding carboxylic acids is 1. The summed E-state index contributed by atoms with van der Waals surface area (Å²) in [6.07, 6.45) is 2.88. The van der Waals surface area contributed by atoms with Gasteiger partial charge in [0.2, 0.25) is 0 Å². The van der Waals surface area contributed by atoms with E-state index in [-0.39, 0.29) is 11.1 Å². The maximum Gasteiger partial charge on any atom is 0.274 e. The summed E-state index contributed by atoms with van der Waals surface area (Å²) in [6.45, 7) is 1.55. The van der Waals surface area contributed by atoms with Gasteiger partial charge in [0, 0.05) is 24.6 Å². The Morgan fingerprint density at radius 3 is 2.80 bits per heavy atom. The van der Waals surface area contributed by atoms with Crippen molar-refractivity contribution in [2.45, 2.75) is 0 Å². The van der Waals surface area contributed by atoms with Crippen LogP contribution in [0.15, 0.2) is 12.4 Å². The number of carbonyl (C=O) groups is 1. The van der Waals surface area contributed by atoms with Crippen molar-refractivity contribution in [1.29, 1.82) is 0 Å². The van der Waals surface area contributed by atoms with Gasteiger partial charge in [0.15, 0.2) is 0 Å². The number of aromatic nitrogens is 2. The van der Waals surface area contributed by atoms with Gasteiger partial charge in [0.1, 0.15) is 10.8 Å². The molecule has 0 radical (unpaired) electrons. The second-order valence-electron chi connectivity index (χ2n) is 3.13. The monoisotopic (exact) mass is 243 g/mol. The van der Waals surface area contributed by atoms with Crippen LogP contribution >= 0.6 is 23.4 Å². The van der Waals surface area contributed by atoms with Crippen molar-refractivity contribution in [2.75, 3.05) is 24.6 Å². The summed E-state index contributed by atoms with van der Waals surface area (Å²) in [6, 6.07) is 0. The van der Waals surface area contributed by atoms with E-state index in [9.17, 15) is 4.79 Å². The predicted octanol–water partition coefficient (Wildman–Crippen LogP) is 1.32. The molecular weight excluding hydrogens is 234 g/mol. The fourth-order valence-corrected chi connectivity index (χ4v) is 2.42. The Balaban J connectivity index is 2.12. The van der Waals surface area contributed by atoms with E-state index in [4.69, 9.17) is 11.6 Å². The number of nitrogens with zero attached hydrogens (tertiary/aromatic N) is 3. The lowest BCUT2D eigenvalue weighted by atomic mass is 10.3. The Kier molecular flexibility index (Phi) is 3.43. The van der Waals surface area contributed by atoms with E-state index in [0.717, 1.165) is 24.6 Å². The van der Waals surface area contributed by atoms with Crippen LogP contribution in [0.1, 0.15) is 10.5 Å². The maximum atomic E-state index is 11.9. The number of halogens is 1. The quantitative estimate of drug-likeness (QED) is 0.746. The zero-order valence-corrected chi connectivity index (χ0v) is 9.59. The van der Waals surface area contributed by atoms with E-state index in [2.05, 4.69) is 9.97 Å². The highest BCUT2D eigenvalue weighted by Gasteiger charge is 2.19. The van der Waals surface area contributed by atoms with Gasteiger partial charge < -0.3 is 4.90 Å². The molecule has 0 bridgehead atoms. The van der Waals surface area contributed by atoms with Gasteiger partial charge in [-0.2, -0.15) is 11.8 Å². The molecule has 1 aliphatic heterocycles. The SMILES string of the molecule is O=C(c1cncc(Cl)n1)N1CCSCC1. The molecule has 6 heteroatoms. The molecule has 2 rings (SSSR count). The number of hydrogen-bond donors (Lipinski definition) is 0. The highest BCUT2D eigenvalue weighted by Crippen LogP contribution is 2.12. The second-order valence-corrected chi connectivity index (χ2v) is 4.74. The van der Waals surface area contributed by atoms with Gasteiger partial charge in [-0.25, -0.2) is 4.98 Å². The lowest BCUT2D eigenvalue weighted by Crippen LogP contribution is -2.38. The third-order valence-corrected chi connectivity index (χ3v) is 3.25. The minimum atomic E-state index is -0.0784. The Morgan fingerprint density at radius 2 is 2.13 bits per heavy atom. The van der Waals surface area contributed by atoms with Crippen LogP contribution in [0, 0.1) is 0 Å². The summed E-state index contributed by atoms with van der Waals surface area (Å²) in [5.41, 5.74) is 0.328. The van der Waals surface area contributed by atoms with Crippen LogP contribution in [0.5, 0.6) is 0 Å². The van der Waals surface area contributed by atoms with Crippen molar-refractivity contribution in [3.63, 3.8) is 0 Å². The highest BCUT2D eigenvalue weighted by molar-refractivity contribution is 7.99. The number of hydrogen-bond acceptors (Lipinski definition) is 4. The zero-order chi connectivity index (χ0) is 10.7. The molecule has 0 unspecified atom stereocenters. The third-order valence-electron chi connectivity index (χ3n) is 2.12. The fourth-order valence-electron chi connectivity index (χ4n) is 1.37. The van der Waals surface area contributed by atoms with Gasteiger partial charge in [0.05, 0.1) is 12.4 Å². The molecule has 2 heterocycles. The Hall–Kier alpha value is -0.810. The number of thioether (sulfide) groups is 1. The third kappa shape index (κ3) is 2.60. The van der Waals surface area contributed by atoms with Crippen LogP contribution in [0.2, 0.25) is 5.15 Å². The molecule has 0 aliphatic carbocycles. The molecule has 0 saturated carbocycles. The fraction of sp³-hybridized carbons (Fsp3) is 0.444. The molecule has 1 aliphatic rings. The molecule has 0 aromatic carbocycles. The lowest BCUT2D eigenvalue weighted by molar-refractivity contribution is 0.0766. The Bertz CT molecular complexity index is 368. The summed E-state index contributed by atoms with van der Waals surface area (Å²) < 4.78 is 0. The van der Waals surface area contributed by atoms with Crippen molar-refractivity contribution in [1.82, 2.24) is 14.9 Å². The van der Waals surface area contributed by atoms with Crippen LogP contribution in [0.4, 0.5) is 0 Å². The smallest absolute Gasteiger partial charge is 0.274 e. The largest absolute Gasteiger partial charge is 0.336 e. The molecule has 1 aromatic heterocycles. The predicted molar refractivity (Wildman–Crippen MR) is 60.3 cm³/mol. The molecule has 0 N–H and O–H groups in total. The number of amides is 1. The van der Waals surface area contributed by atoms with Gasteiger partial charge >= 0.3 is 0 Å². The van der Waals surface area contributed by atoms with Crippen molar-refractivity contribution in [3.05, 3.63) is 23.2 Å². The molecule has 1 amide bonds. The molecule has 15 heavy (non-hydrogen) atoms. The minimum absolute atomic E-state index is 0.0784. The van der Waals surface area contributed by atoms with Crippen LogP contribution in [0.25, 0.3) is 0 Å². The van der Waals surface area contributed by atoms with E-state index >= 15 is 0 Å². The van der Waals surface area contributed by atoms with Crippen molar-refractivity contribution in [3.8, 4) is 0 Å². The van der Waals surface area contributed by atoms with E-state index in [1.165, 1.54) is 12.4 Å². The first-order valence-electron chi connectivity index (χ1n) is 4.62. The molecule has 0 spiro atoms. The topological polar surface area (TPSA) is 46.1 Å². The molecule has 4 nitrogen and oxygen atoms in total. The Labute approximate surface area is 97.0 Å². The number of rotatable bonds is 1. The average molecular weight is 244 g/mol. The van der Waals surface area contributed by atoms with E-state index in [1.807, 2.05) is 11.8 Å². The van der Waals surface area contributed by atoms with Crippen molar-refractivity contribution >= 4 is 29.3 Å². The van der Waals surface area contributed by atoms with Gasteiger partial charge in [-0.1, -0.05) is 11.6 Å². The van der Waals surface area contributed by atoms with Crippen LogP contribution in [-0.4, -0.2) is 45.4 Å². The molecule has 80 valence electrons. The van der Waals surface area contributed by atoms with Crippen LogP contribution in [0.3, 0.4) is 0 Å². The van der Waals surface area contributed by atoms with E-state index in [1.54, 1.807) is 4.90 Å². The van der Waals surface area contributed by atoms with E-state index < -0.39 is 0 Å². The average Bonchev–Trinajstić information content (AvgIpc) is 2.29. The van der Waals surface area contributed by atoms with Gasteiger partial charge in [0.25, 0.3) is 5.91 Å². The van der Waals surface area contributed by atoms with Crippen LogP contribution in [-0.2, 0) is 0 Å². The van der Waals surface area contributed by atoms with Gasteiger partial charge in [-0.15, -0.1) is 0 Å². The summed E-state index contributed by atoms with van der Waals surface area (Å²) in [5.74, 6) is 1.89. The molecular formula is C9H10ClN3OS. The molecule has 1 aromatic rings. The lowest BCUT2D eigenvalue weighted by Gasteiger charge is -2.25. The maximum absolute atomic E-state index is 11.9.